The SMILES string of the molecule is C=C1C(=O)O[C@@H]2/C=C(\CO)CC/C=C(/C=O)[C@H](O)[C@@H](OC(=O)C(C)C)[C@@H]12. The average Bonchev–Trinajstić information content (AvgIpc) is 2.88. The summed E-state index contributed by atoms with van der Waals surface area (Å²) in [5, 5.41) is 20.2. The van der Waals surface area contributed by atoms with Gasteiger partial charge in [-0.1, -0.05) is 26.5 Å². The van der Waals surface area contributed by atoms with Crippen LogP contribution in [0.15, 0.2) is 35.5 Å². The number of hydrogen-bond donors (Lipinski definition) is 2. The maximum atomic E-state index is 12.1. The normalized spacial score (nSPS) is 33.4. The number of aldehydes is 1. The third-order valence-electron chi connectivity index (χ3n) is 4.58. The predicted molar refractivity (Wildman–Crippen MR) is 91.8 cm³/mol. The highest BCUT2D eigenvalue weighted by molar-refractivity contribution is 5.91. The fourth-order valence-corrected chi connectivity index (χ4v) is 3.03. The summed E-state index contributed by atoms with van der Waals surface area (Å²) < 4.78 is 10.8. The summed E-state index contributed by atoms with van der Waals surface area (Å²) in [6.07, 6.45) is 1.00. The molecule has 7 nitrogen and oxygen atoms in total. The standard InChI is InChI=1S/C19H24O7/c1-10(2)18(23)26-17-15-11(3)19(24)25-14(15)7-12(8-20)5-4-6-13(9-21)16(17)22/h6-7,9-10,14-17,20,22H,3-5,8H2,1-2H3/b12-7-,13-6-/t14-,15+,16+,17+/m1/s1. The van der Waals surface area contributed by atoms with Gasteiger partial charge in [-0.05, 0) is 24.5 Å². The van der Waals surface area contributed by atoms with Gasteiger partial charge >= 0.3 is 11.9 Å². The van der Waals surface area contributed by atoms with Gasteiger partial charge in [-0.2, -0.15) is 0 Å². The van der Waals surface area contributed by atoms with E-state index in [-0.39, 0.29) is 17.8 Å². The zero-order valence-corrected chi connectivity index (χ0v) is 14.9. The first-order chi connectivity index (χ1) is 12.3. The molecule has 2 aliphatic rings. The van der Waals surface area contributed by atoms with Gasteiger partial charge in [0.2, 0.25) is 0 Å². The molecule has 26 heavy (non-hydrogen) atoms. The molecule has 4 atom stereocenters. The number of carbonyl (C=O) groups is 3. The summed E-state index contributed by atoms with van der Waals surface area (Å²) in [4.78, 5) is 35.6. The first kappa shape index (κ1) is 20.1. The van der Waals surface area contributed by atoms with Crippen LogP contribution < -0.4 is 0 Å². The van der Waals surface area contributed by atoms with Crippen molar-refractivity contribution < 1.29 is 34.1 Å². The topological polar surface area (TPSA) is 110 Å². The average molecular weight is 364 g/mol. The third-order valence-corrected chi connectivity index (χ3v) is 4.58. The van der Waals surface area contributed by atoms with E-state index < -0.39 is 42.1 Å². The number of fused-ring (bicyclic) bond motifs is 1. The number of esters is 2. The minimum absolute atomic E-state index is 0.0509. The van der Waals surface area contributed by atoms with Crippen molar-refractivity contribution in [2.75, 3.05) is 6.61 Å². The monoisotopic (exact) mass is 364 g/mol. The number of carbonyl (C=O) groups excluding carboxylic acids is 3. The Hall–Kier alpha value is -2.25. The minimum atomic E-state index is -1.42. The molecule has 1 aliphatic carbocycles. The molecule has 0 saturated carbocycles. The molecule has 1 saturated heterocycles. The van der Waals surface area contributed by atoms with Gasteiger partial charge in [0.1, 0.15) is 24.6 Å². The predicted octanol–water partition coefficient (Wildman–Crippen LogP) is 0.851. The van der Waals surface area contributed by atoms with Gasteiger partial charge < -0.3 is 19.7 Å². The third kappa shape index (κ3) is 4.11. The Morgan fingerprint density at radius 2 is 2.19 bits per heavy atom. The highest BCUT2D eigenvalue weighted by atomic mass is 16.6. The second-order valence-electron chi connectivity index (χ2n) is 6.77. The van der Waals surface area contributed by atoms with Gasteiger partial charge in [0, 0.05) is 11.1 Å². The van der Waals surface area contributed by atoms with E-state index in [0.29, 0.717) is 24.7 Å². The largest absolute Gasteiger partial charge is 0.458 e. The molecule has 2 rings (SSSR count). The van der Waals surface area contributed by atoms with Crippen molar-refractivity contribution in [1.82, 2.24) is 0 Å². The lowest BCUT2D eigenvalue weighted by atomic mass is 9.83. The van der Waals surface area contributed by atoms with Crippen LogP contribution in [-0.4, -0.2) is 53.4 Å². The molecular weight excluding hydrogens is 340 g/mol. The maximum Gasteiger partial charge on any atom is 0.334 e. The molecule has 0 bridgehead atoms. The molecule has 1 fully saturated rings. The van der Waals surface area contributed by atoms with Gasteiger partial charge in [-0.3, -0.25) is 9.59 Å². The second kappa shape index (κ2) is 8.42. The number of aliphatic hydroxyl groups is 2. The molecule has 1 aliphatic heterocycles. The molecule has 0 amide bonds. The van der Waals surface area contributed by atoms with Crippen LogP contribution in [0, 0.1) is 11.8 Å². The Morgan fingerprint density at radius 1 is 1.50 bits per heavy atom. The van der Waals surface area contributed by atoms with E-state index in [1.165, 1.54) is 6.08 Å². The molecule has 0 spiro atoms. The van der Waals surface area contributed by atoms with Crippen molar-refractivity contribution in [3.05, 3.63) is 35.5 Å². The second-order valence-corrected chi connectivity index (χ2v) is 6.77. The number of allylic oxidation sites excluding steroid dienone is 1. The number of hydrogen-bond acceptors (Lipinski definition) is 7. The Balaban J connectivity index is 2.52. The molecule has 1 heterocycles. The van der Waals surface area contributed by atoms with Crippen LogP contribution in [0.3, 0.4) is 0 Å². The number of rotatable bonds is 4. The van der Waals surface area contributed by atoms with E-state index in [2.05, 4.69) is 6.58 Å². The van der Waals surface area contributed by atoms with Gasteiger partial charge in [0.05, 0.1) is 18.4 Å². The van der Waals surface area contributed by atoms with Crippen LogP contribution in [0.5, 0.6) is 0 Å². The molecule has 0 aromatic heterocycles. The van der Waals surface area contributed by atoms with E-state index in [0.717, 1.165) is 0 Å². The lowest BCUT2D eigenvalue weighted by Crippen LogP contribution is -2.43. The van der Waals surface area contributed by atoms with Gasteiger partial charge in [0.15, 0.2) is 0 Å². The van der Waals surface area contributed by atoms with Crippen molar-refractivity contribution >= 4 is 18.2 Å². The Labute approximate surface area is 152 Å². The van der Waals surface area contributed by atoms with Gasteiger partial charge in [0.25, 0.3) is 0 Å². The first-order valence-corrected chi connectivity index (χ1v) is 8.54. The summed E-state index contributed by atoms with van der Waals surface area (Å²) in [5.41, 5.74) is 0.723. The van der Waals surface area contributed by atoms with E-state index in [1.807, 2.05) is 0 Å². The number of aliphatic hydroxyl groups excluding tert-OH is 2. The van der Waals surface area contributed by atoms with Crippen molar-refractivity contribution in [2.45, 2.75) is 45.0 Å². The van der Waals surface area contributed by atoms with Crippen LogP contribution in [0.2, 0.25) is 0 Å². The van der Waals surface area contributed by atoms with Crippen molar-refractivity contribution in [2.24, 2.45) is 11.8 Å². The minimum Gasteiger partial charge on any atom is -0.458 e. The van der Waals surface area contributed by atoms with Crippen LogP contribution in [-0.2, 0) is 23.9 Å². The fourth-order valence-electron chi connectivity index (χ4n) is 3.03. The summed E-state index contributed by atoms with van der Waals surface area (Å²) in [7, 11) is 0. The zero-order chi connectivity index (χ0) is 19.4. The fraction of sp³-hybridized carbons (Fsp3) is 0.526. The molecule has 142 valence electrons. The Morgan fingerprint density at radius 3 is 2.77 bits per heavy atom. The lowest BCUT2D eigenvalue weighted by Gasteiger charge is -2.31. The first-order valence-electron chi connectivity index (χ1n) is 8.54. The lowest BCUT2D eigenvalue weighted by molar-refractivity contribution is -0.162. The Kier molecular flexibility index (Phi) is 6.50. The molecule has 0 unspecified atom stereocenters. The molecule has 2 N–H and O–H groups in total. The zero-order valence-electron chi connectivity index (χ0n) is 14.9. The van der Waals surface area contributed by atoms with Crippen LogP contribution in [0.25, 0.3) is 0 Å². The van der Waals surface area contributed by atoms with E-state index in [1.54, 1.807) is 19.9 Å². The number of ether oxygens (including phenoxy) is 2. The Bertz CT molecular complexity index is 659. The summed E-state index contributed by atoms with van der Waals surface area (Å²) in [5.74, 6) is -2.56. The van der Waals surface area contributed by atoms with Gasteiger partial charge in [-0.15, -0.1) is 0 Å². The van der Waals surface area contributed by atoms with Crippen LogP contribution in [0.1, 0.15) is 26.7 Å². The summed E-state index contributed by atoms with van der Waals surface area (Å²) in [6.45, 7) is 6.74. The van der Waals surface area contributed by atoms with Crippen molar-refractivity contribution in [1.29, 1.82) is 0 Å². The molecular formula is C19H24O7. The molecule has 0 radical (unpaired) electrons. The maximum absolute atomic E-state index is 12.1. The summed E-state index contributed by atoms with van der Waals surface area (Å²) in [6, 6.07) is 0. The van der Waals surface area contributed by atoms with Crippen LogP contribution >= 0.6 is 0 Å². The quantitative estimate of drug-likeness (QED) is 0.329. The van der Waals surface area contributed by atoms with E-state index in [4.69, 9.17) is 9.47 Å². The van der Waals surface area contributed by atoms with Crippen molar-refractivity contribution in [3.8, 4) is 0 Å². The highest BCUT2D eigenvalue weighted by Crippen LogP contribution is 2.36. The summed E-state index contributed by atoms with van der Waals surface area (Å²) >= 11 is 0. The molecule has 0 aromatic rings. The highest BCUT2D eigenvalue weighted by Gasteiger charge is 2.48. The molecule has 7 heteroatoms. The van der Waals surface area contributed by atoms with Crippen LogP contribution in [0.4, 0.5) is 0 Å². The van der Waals surface area contributed by atoms with Gasteiger partial charge in [-0.25, -0.2) is 4.79 Å². The van der Waals surface area contributed by atoms with Crippen molar-refractivity contribution in [3.63, 3.8) is 0 Å². The van der Waals surface area contributed by atoms with E-state index >= 15 is 0 Å². The smallest absolute Gasteiger partial charge is 0.334 e. The van der Waals surface area contributed by atoms with E-state index in [9.17, 15) is 24.6 Å². The molecule has 0 aromatic carbocycles.